The van der Waals surface area contributed by atoms with Crippen molar-refractivity contribution >= 4 is 17.5 Å². The van der Waals surface area contributed by atoms with E-state index in [4.69, 9.17) is 11.6 Å². The quantitative estimate of drug-likeness (QED) is 0.728. The molecular formula is C21H22ClN5O. The fraction of sp³-hybridized carbons (Fsp3) is 0.333. The fourth-order valence-electron chi connectivity index (χ4n) is 3.82. The third-order valence-corrected chi connectivity index (χ3v) is 5.32. The van der Waals surface area contributed by atoms with Crippen LogP contribution in [0.3, 0.4) is 0 Å². The molecule has 1 aliphatic carbocycles. The zero-order valence-corrected chi connectivity index (χ0v) is 16.6. The van der Waals surface area contributed by atoms with Gasteiger partial charge in [0.05, 0.1) is 25.0 Å². The number of aromatic nitrogens is 4. The summed E-state index contributed by atoms with van der Waals surface area (Å²) in [5, 5.41) is 8.45. The van der Waals surface area contributed by atoms with Gasteiger partial charge in [0.1, 0.15) is 5.69 Å². The van der Waals surface area contributed by atoms with Crippen molar-refractivity contribution in [1.29, 1.82) is 0 Å². The number of halogens is 1. The molecule has 7 heteroatoms. The molecule has 3 aromatic rings. The molecule has 6 nitrogen and oxygen atoms in total. The maximum atomic E-state index is 12.6. The molecule has 2 heterocycles. The first-order valence-electron chi connectivity index (χ1n) is 9.27. The summed E-state index contributed by atoms with van der Waals surface area (Å²) >= 11 is 6.12. The summed E-state index contributed by atoms with van der Waals surface area (Å²) in [5.41, 5.74) is 3.68. The van der Waals surface area contributed by atoms with Crippen LogP contribution < -0.4 is 5.32 Å². The van der Waals surface area contributed by atoms with Crippen LogP contribution in [0.25, 0.3) is 0 Å². The van der Waals surface area contributed by atoms with Gasteiger partial charge in [0.15, 0.2) is 0 Å². The predicted molar refractivity (Wildman–Crippen MR) is 107 cm³/mol. The normalized spacial score (nSPS) is 17.8. The molecule has 0 radical (unpaired) electrons. The van der Waals surface area contributed by atoms with Gasteiger partial charge in [-0.3, -0.25) is 14.5 Å². The molecule has 0 spiro atoms. The van der Waals surface area contributed by atoms with Crippen LogP contribution in [-0.4, -0.2) is 25.7 Å². The number of amides is 1. The fourth-order valence-corrected chi connectivity index (χ4v) is 4.03. The molecule has 144 valence electrons. The molecule has 1 aliphatic rings. The van der Waals surface area contributed by atoms with Gasteiger partial charge in [-0.1, -0.05) is 37.6 Å². The number of carbonyl (C=O) groups is 1. The standard InChI is InChI=1S/C21H22ClN5O/c1-21(2)9-17(26-20(28)18-12-23-6-7-24-18)16-11-25-27(19(16)10-21)13-14-4-3-5-15(22)8-14/h3-8,11-12,17H,9-10,13H2,1-2H3,(H,26,28)/t17-/m1/s1. The number of hydrogen-bond acceptors (Lipinski definition) is 4. The Morgan fingerprint density at radius 1 is 1.32 bits per heavy atom. The second-order valence-corrected chi connectivity index (χ2v) is 8.43. The number of hydrogen-bond donors (Lipinski definition) is 1. The highest BCUT2D eigenvalue weighted by Crippen LogP contribution is 2.41. The Balaban J connectivity index is 1.61. The Bertz CT molecular complexity index is 999. The lowest BCUT2D eigenvalue weighted by Gasteiger charge is -2.36. The van der Waals surface area contributed by atoms with E-state index in [1.54, 1.807) is 6.20 Å². The summed E-state index contributed by atoms with van der Waals surface area (Å²) in [5.74, 6) is -0.218. The smallest absolute Gasteiger partial charge is 0.271 e. The molecular weight excluding hydrogens is 374 g/mol. The summed E-state index contributed by atoms with van der Waals surface area (Å²) in [6.45, 7) is 5.08. The Morgan fingerprint density at radius 3 is 2.93 bits per heavy atom. The van der Waals surface area contributed by atoms with Crippen LogP contribution in [-0.2, 0) is 13.0 Å². The average molecular weight is 396 g/mol. The van der Waals surface area contributed by atoms with Crippen LogP contribution in [0.2, 0.25) is 5.02 Å². The minimum atomic E-state index is -0.218. The summed E-state index contributed by atoms with van der Waals surface area (Å²) in [6.07, 6.45) is 8.17. The number of nitrogens with one attached hydrogen (secondary N) is 1. The van der Waals surface area contributed by atoms with Crippen LogP contribution in [0.4, 0.5) is 0 Å². The van der Waals surface area contributed by atoms with Crippen molar-refractivity contribution in [1.82, 2.24) is 25.1 Å². The minimum absolute atomic E-state index is 0.0411. The third kappa shape index (κ3) is 3.92. The summed E-state index contributed by atoms with van der Waals surface area (Å²) < 4.78 is 2.02. The lowest BCUT2D eigenvalue weighted by molar-refractivity contribution is 0.0913. The van der Waals surface area contributed by atoms with Gasteiger partial charge in [-0.15, -0.1) is 0 Å². The number of rotatable bonds is 4. The van der Waals surface area contributed by atoms with Gasteiger partial charge in [0.25, 0.3) is 5.91 Å². The maximum absolute atomic E-state index is 12.6. The zero-order valence-electron chi connectivity index (χ0n) is 15.9. The third-order valence-electron chi connectivity index (χ3n) is 5.08. The summed E-state index contributed by atoms with van der Waals surface area (Å²) in [7, 11) is 0. The molecule has 1 N–H and O–H groups in total. The number of nitrogens with zero attached hydrogens (tertiary/aromatic N) is 4. The largest absolute Gasteiger partial charge is 0.344 e. The molecule has 1 aromatic carbocycles. The molecule has 0 aliphatic heterocycles. The Hall–Kier alpha value is -2.73. The summed E-state index contributed by atoms with van der Waals surface area (Å²) in [6, 6.07) is 7.70. The van der Waals surface area contributed by atoms with Crippen molar-refractivity contribution < 1.29 is 4.79 Å². The van der Waals surface area contributed by atoms with Crippen LogP contribution in [0.1, 0.15) is 53.6 Å². The first kappa shape index (κ1) is 18.6. The van der Waals surface area contributed by atoms with Crippen molar-refractivity contribution in [3.05, 3.63) is 76.6 Å². The first-order valence-corrected chi connectivity index (χ1v) is 9.65. The van der Waals surface area contributed by atoms with E-state index in [0.717, 1.165) is 29.7 Å². The highest BCUT2D eigenvalue weighted by molar-refractivity contribution is 6.30. The predicted octanol–water partition coefficient (Wildman–Crippen LogP) is 3.82. The van der Waals surface area contributed by atoms with Crippen molar-refractivity contribution in [2.45, 2.75) is 39.3 Å². The molecule has 1 amide bonds. The molecule has 0 unspecified atom stereocenters. The van der Waals surface area contributed by atoms with Gasteiger partial charge < -0.3 is 5.32 Å². The number of fused-ring (bicyclic) bond motifs is 1. The van der Waals surface area contributed by atoms with E-state index in [2.05, 4.69) is 34.2 Å². The second-order valence-electron chi connectivity index (χ2n) is 8.00. The van der Waals surface area contributed by atoms with Crippen molar-refractivity contribution in [3.8, 4) is 0 Å². The van der Waals surface area contributed by atoms with E-state index in [0.29, 0.717) is 17.3 Å². The first-order chi connectivity index (χ1) is 13.4. The van der Waals surface area contributed by atoms with E-state index in [1.807, 2.05) is 35.1 Å². The van der Waals surface area contributed by atoms with Crippen LogP contribution in [0, 0.1) is 5.41 Å². The average Bonchev–Trinajstić information content (AvgIpc) is 3.04. The minimum Gasteiger partial charge on any atom is -0.344 e. The van der Waals surface area contributed by atoms with Crippen molar-refractivity contribution in [2.24, 2.45) is 5.41 Å². The van der Waals surface area contributed by atoms with Crippen LogP contribution in [0.5, 0.6) is 0 Å². The Kier molecular flexibility index (Phi) is 4.89. The Morgan fingerprint density at radius 2 is 2.18 bits per heavy atom. The SMILES string of the molecule is CC1(C)Cc2c(cnn2Cc2cccc(Cl)c2)[C@H](NC(=O)c2cnccn2)C1. The summed E-state index contributed by atoms with van der Waals surface area (Å²) in [4.78, 5) is 20.7. The van der Waals surface area contributed by atoms with E-state index in [1.165, 1.54) is 12.4 Å². The molecule has 1 atom stereocenters. The molecule has 0 saturated carbocycles. The monoisotopic (exact) mass is 395 g/mol. The van der Waals surface area contributed by atoms with Crippen LogP contribution in [0.15, 0.2) is 49.1 Å². The molecule has 28 heavy (non-hydrogen) atoms. The maximum Gasteiger partial charge on any atom is 0.271 e. The lowest BCUT2D eigenvalue weighted by Crippen LogP contribution is -2.37. The highest BCUT2D eigenvalue weighted by Gasteiger charge is 2.36. The van der Waals surface area contributed by atoms with Gasteiger partial charge in [-0.05, 0) is 36.0 Å². The zero-order chi connectivity index (χ0) is 19.7. The van der Waals surface area contributed by atoms with Gasteiger partial charge >= 0.3 is 0 Å². The molecule has 0 saturated heterocycles. The van der Waals surface area contributed by atoms with Gasteiger partial charge in [0, 0.05) is 28.7 Å². The second kappa shape index (κ2) is 7.36. The van der Waals surface area contributed by atoms with E-state index < -0.39 is 0 Å². The molecule has 2 aromatic heterocycles. The number of benzene rings is 1. The Labute approximate surface area is 169 Å². The van der Waals surface area contributed by atoms with Gasteiger partial charge in [-0.25, -0.2) is 4.98 Å². The molecule has 0 bridgehead atoms. The van der Waals surface area contributed by atoms with Gasteiger partial charge in [0.2, 0.25) is 0 Å². The highest BCUT2D eigenvalue weighted by atomic mass is 35.5. The number of carbonyl (C=O) groups excluding carboxylic acids is 1. The van der Waals surface area contributed by atoms with Crippen LogP contribution >= 0.6 is 11.6 Å². The topological polar surface area (TPSA) is 72.7 Å². The van der Waals surface area contributed by atoms with Crippen molar-refractivity contribution in [3.63, 3.8) is 0 Å². The van der Waals surface area contributed by atoms with E-state index >= 15 is 0 Å². The molecule has 0 fully saturated rings. The lowest BCUT2D eigenvalue weighted by atomic mass is 9.74. The molecule has 4 rings (SSSR count). The van der Waals surface area contributed by atoms with E-state index in [-0.39, 0.29) is 17.4 Å². The van der Waals surface area contributed by atoms with Crippen molar-refractivity contribution in [2.75, 3.05) is 0 Å². The van der Waals surface area contributed by atoms with E-state index in [9.17, 15) is 4.79 Å². The van der Waals surface area contributed by atoms with Gasteiger partial charge in [-0.2, -0.15) is 5.10 Å².